The number of amidine groups is 1. The molecule has 1 aliphatic heterocycles. The molecule has 0 saturated heterocycles. The Labute approximate surface area is 137 Å². The zero-order valence-electron chi connectivity index (χ0n) is 13.3. The van der Waals surface area contributed by atoms with E-state index in [0.717, 1.165) is 12.0 Å². The Balaban J connectivity index is 1.79. The highest BCUT2D eigenvalue weighted by Gasteiger charge is 2.32. The molecule has 0 aliphatic carbocycles. The van der Waals surface area contributed by atoms with Gasteiger partial charge in [0.25, 0.3) is 10.0 Å². The maximum atomic E-state index is 12.8. The second-order valence-electron chi connectivity index (χ2n) is 5.87. The summed E-state index contributed by atoms with van der Waals surface area (Å²) in [5.74, 6) is 0.562. The van der Waals surface area contributed by atoms with Gasteiger partial charge in [-0.1, -0.05) is 48.0 Å². The largest absolute Gasteiger partial charge is 0.266 e. The molecule has 1 aliphatic rings. The fourth-order valence-electron chi connectivity index (χ4n) is 2.80. The standard InChI is InChI=1S/C18H20N2O2S/c1-14-8-10-18(11-9-14)23(21,22)20-13-17(19-15(20)2)12-16-6-4-3-5-7-16/h3-11,17H,12-13H2,1-2H3. The Kier molecular flexibility index (Phi) is 4.22. The van der Waals surface area contributed by atoms with Gasteiger partial charge in [0.15, 0.2) is 0 Å². The van der Waals surface area contributed by atoms with Crippen LogP contribution in [0.3, 0.4) is 0 Å². The van der Waals surface area contributed by atoms with Crippen molar-refractivity contribution in [2.75, 3.05) is 6.54 Å². The van der Waals surface area contributed by atoms with Crippen molar-refractivity contribution in [3.8, 4) is 0 Å². The summed E-state index contributed by atoms with van der Waals surface area (Å²) in [6.45, 7) is 4.10. The first-order valence-corrected chi connectivity index (χ1v) is 9.08. The number of aryl methyl sites for hydroxylation is 1. The van der Waals surface area contributed by atoms with E-state index in [9.17, 15) is 8.42 Å². The van der Waals surface area contributed by atoms with Gasteiger partial charge in [-0.3, -0.25) is 9.30 Å². The van der Waals surface area contributed by atoms with Gasteiger partial charge in [-0.15, -0.1) is 0 Å². The summed E-state index contributed by atoms with van der Waals surface area (Å²) >= 11 is 0. The van der Waals surface area contributed by atoms with Crippen LogP contribution >= 0.6 is 0 Å². The van der Waals surface area contributed by atoms with Crippen LogP contribution in [0.2, 0.25) is 0 Å². The molecule has 120 valence electrons. The molecule has 3 rings (SSSR count). The van der Waals surface area contributed by atoms with E-state index in [-0.39, 0.29) is 6.04 Å². The van der Waals surface area contributed by atoms with Gasteiger partial charge < -0.3 is 0 Å². The van der Waals surface area contributed by atoms with E-state index >= 15 is 0 Å². The predicted octanol–water partition coefficient (Wildman–Crippen LogP) is 3.03. The summed E-state index contributed by atoms with van der Waals surface area (Å²) in [7, 11) is -3.53. The number of hydrogen-bond donors (Lipinski definition) is 0. The van der Waals surface area contributed by atoms with Gasteiger partial charge in [-0.25, -0.2) is 8.42 Å². The summed E-state index contributed by atoms with van der Waals surface area (Å²) in [6.07, 6.45) is 0.748. The number of rotatable bonds is 4. The minimum Gasteiger partial charge on any atom is -0.266 e. The van der Waals surface area contributed by atoms with Crippen LogP contribution in [-0.4, -0.2) is 31.1 Å². The van der Waals surface area contributed by atoms with E-state index in [1.165, 1.54) is 9.87 Å². The highest BCUT2D eigenvalue weighted by Crippen LogP contribution is 2.23. The molecule has 0 bridgehead atoms. The molecule has 0 fully saturated rings. The lowest BCUT2D eigenvalue weighted by atomic mass is 10.1. The molecule has 0 N–H and O–H groups in total. The third-order valence-electron chi connectivity index (χ3n) is 4.03. The quantitative estimate of drug-likeness (QED) is 0.866. The van der Waals surface area contributed by atoms with E-state index in [1.807, 2.05) is 49.4 Å². The van der Waals surface area contributed by atoms with Gasteiger partial charge in [-0.2, -0.15) is 0 Å². The molecule has 2 aromatic carbocycles. The minimum atomic E-state index is -3.53. The summed E-state index contributed by atoms with van der Waals surface area (Å²) in [6, 6.07) is 16.9. The van der Waals surface area contributed by atoms with Crippen molar-refractivity contribution >= 4 is 15.9 Å². The molecule has 0 radical (unpaired) electrons. The highest BCUT2D eigenvalue weighted by molar-refractivity contribution is 7.89. The summed E-state index contributed by atoms with van der Waals surface area (Å²) in [4.78, 5) is 4.86. The third-order valence-corrected chi connectivity index (χ3v) is 5.89. The molecular formula is C18H20N2O2S. The van der Waals surface area contributed by atoms with Crippen LogP contribution in [0.15, 0.2) is 64.5 Å². The topological polar surface area (TPSA) is 49.7 Å². The number of benzene rings is 2. The second-order valence-corrected chi connectivity index (χ2v) is 7.73. The van der Waals surface area contributed by atoms with Crippen molar-refractivity contribution in [2.24, 2.45) is 4.99 Å². The van der Waals surface area contributed by atoms with Crippen LogP contribution < -0.4 is 0 Å². The maximum absolute atomic E-state index is 12.8. The Morgan fingerprint density at radius 3 is 2.35 bits per heavy atom. The Morgan fingerprint density at radius 1 is 1.04 bits per heavy atom. The second kappa shape index (κ2) is 6.16. The molecule has 1 unspecified atom stereocenters. The molecule has 0 amide bonds. The van der Waals surface area contributed by atoms with Gasteiger partial charge in [0.1, 0.15) is 5.84 Å². The molecule has 4 nitrogen and oxygen atoms in total. The lowest BCUT2D eigenvalue weighted by molar-refractivity contribution is 0.513. The zero-order valence-corrected chi connectivity index (χ0v) is 14.1. The Morgan fingerprint density at radius 2 is 1.70 bits per heavy atom. The van der Waals surface area contributed by atoms with Crippen molar-refractivity contribution < 1.29 is 8.42 Å². The summed E-state index contributed by atoms with van der Waals surface area (Å²) < 4.78 is 27.0. The monoisotopic (exact) mass is 328 g/mol. The van der Waals surface area contributed by atoms with Gasteiger partial charge >= 0.3 is 0 Å². The van der Waals surface area contributed by atoms with E-state index in [0.29, 0.717) is 17.3 Å². The Hall–Kier alpha value is -2.14. The lowest BCUT2D eigenvalue weighted by Gasteiger charge is -2.19. The molecular weight excluding hydrogens is 308 g/mol. The van der Waals surface area contributed by atoms with Gasteiger partial charge in [0.2, 0.25) is 0 Å². The SMILES string of the molecule is CC1=NC(Cc2ccccc2)CN1S(=O)(=O)c1ccc(C)cc1. The average molecular weight is 328 g/mol. The van der Waals surface area contributed by atoms with Crippen LogP contribution in [0.4, 0.5) is 0 Å². The van der Waals surface area contributed by atoms with E-state index < -0.39 is 10.0 Å². The molecule has 1 atom stereocenters. The van der Waals surface area contributed by atoms with Crippen molar-refractivity contribution in [1.82, 2.24) is 4.31 Å². The van der Waals surface area contributed by atoms with Crippen LogP contribution in [-0.2, 0) is 16.4 Å². The van der Waals surface area contributed by atoms with E-state index in [4.69, 9.17) is 0 Å². The first-order chi connectivity index (χ1) is 11.0. The number of aliphatic imine (C=N–C) groups is 1. The Bertz CT molecular complexity index is 812. The first-order valence-electron chi connectivity index (χ1n) is 7.64. The molecule has 2 aromatic rings. The number of sulfonamides is 1. The van der Waals surface area contributed by atoms with Gasteiger partial charge in [0, 0.05) is 0 Å². The molecule has 0 aromatic heterocycles. The number of hydrogen-bond acceptors (Lipinski definition) is 3. The van der Waals surface area contributed by atoms with Gasteiger partial charge in [0.05, 0.1) is 17.5 Å². The molecule has 1 heterocycles. The lowest BCUT2D eigenvalue weighted by Crippen LogP contribution is -2.34. The van der Waals surface area contributed by atoms with Crippen LogP contribution in [0.25, 0.3) is 0 Å². The number of nitrogens with zero attached hydrogens (tertiary/aromatic N) is 2. The first kappa shape index (κ1) is 15.7. The normalized spacial score (nSPS) is 18.1. The van der Waals surface area contributed by atoms with Gasteiger partial charge in [-0.05, 0) is 38.0 Å². The fourth-order valence-corrected chi connectivity index (χ4v) is 4.30. The van der Waals surface area contributed by atoms with E-state index in [2.05, 4.69) is 4.99 Å². The summed E-state index contributed by atoms with van der Waals surface area (Å²) in [5, 5.41) is 0. The zero-order chi connectivity index (χ0) is 16.4. The third kappa shape index (κ3) is 3.29. The maximum Gasteiger partial charge on any atom is 0.265 e. The van der Waals surface area contributed by atoms with Crippen LogP contribution in [0.1, 0.15) is 18.1 Å². The molecule has 5 heteroatoms. The molecule has 23 heavy (non-hydrogen) atoms. The van der Waals surface area contributed by atoms with E-state index in [1.54, 1.807) is 19.1 Å². The smallest absolute Gasteiger partial charge is 0.265 e. The van der Waals surface area contributed by atoms with Crippen LogP contribution in [0.5, 0.6) is 0 Å². The fraction of sp³-hybridized carbons (Fsp3) is 0.278. The molecule has 0 saturated carbocycles. The van der Waals surface area contributed by atoms with Crippen molar-refractivity contribution in [1.29, 1.82) is 0 Å². The van der Waals surface area contributed by atoms with Crippen LogP contribution in [0, 0.1) is 6.92 Å². The van der Waals surface area contributed by atoms with Crippen molar-refractivity contribution in [2.45, 2.75) is 31.2 Å². The highest BCUT2D eigenvalue weighted by atomic mass is 32.2. The van der Waals surface area contributed by atoms with Crippen molar-refractivity contribution in [3.05, 3.63) is 65.7 Å². The minimum absolute atomic E-state index is 0.0300. The average Bonchev–Trinajstić information content (AvgIpc) is 2.90. The predicted molar refractivity (Wildman–Crippen MR) is 92.1 cm³/mol. The molecule has 0 spiro atoms. The summed E-state index contributed by atoms with van der Waals surface area (Å²) in [5.41, 5.74) is 2.21. The van der Waals surface area contributed by atoms with Crippen molar-refractivity contribution in [3.63, 3.8) is 0 Å².